The number of nitrogens with zero attached hydrogens (tertiary/aromatic N) is 2. The number of aryl methyl sites for hydroxylation is 2. The van der Waals surface area contributed by atoms with Gasteiger partial charge in [0.2, 0.25) is 0 Å². The van der Waals surface area contributed by atoms with E-state index in [4.69, 9.17) is 5.11 Å². The van der Waals surface area contributed by atoms with Gasteiger partial charge in [-0.25, -0.2) is 4.79 Å². The zero-order chi connectivity index (χ0) is 13.2. The summed E-state index contributed by atoms with van der Waals surface area (Å²) in [5.74, 6) is -1.87. The third kappa shape index (κ3) is 3.04. The van der Waals surface area contributed by atoms with Gasteiger partial charge < -0.3 is 15.5 Å². The Balaban J connectivity index is 2.85. The Kier molecular flexibility index (Phi) is 3.84. The van der Waals surface area contributed by atoms with Crippen LogP contribution in [0, 0.1) is 6.92 Å². The smallest absolute Gasteiger partial charge is 0.328 e. The second-order valence-corrected chi connectivity index (χ2v) is 3.82. The number of aliphatic hydroxyl groups is 1. The summed E-state index contributed by atoms with van der Waals surface area (Å²) in [6.45, 7) is 3.02. The normalized spacial score (nSPS) is 14.1. The number of hydrogen-bond acceptors (Lipinski definition) is 4. The van der Waals surface area contributed by atoms with Crippen LogP contribution in [0.5, 0.6) is 0 Å². The molecule has 0 fully saturated rings. The third-order valence-corrected chi connectivity index (χ3v) is 2.27. The lowest BCUT2D eigenvalue weighted by molar-refractivity contribution is -0.141. The van der Waals surface area contributed by atoms with Gasteiger partial charge in [0.1, 0.15) is 5.69 Å². The summed E-state index contributed by atoms with van der Waals surface area (Å²) in [4.78, 5) is 22.6. The minimum Gasteiger partial charge on any atom is -0.480 e. The van der Waals surface area contributed by atoms with Crippen molar-refractivity contribution in [3.8, 4) is 0 Å². The van der Waals surface area contributed by atoms with Crippen molar-refractivity contribution in [2.24, 2.45) is 7.05 Å². The molecular weight excluding hydrogens is 226 g/mol. The van der Waals surface area contributed by atoms with Crippen molar-refractivity contribution in [1.29, 1.82) is 0 Å². The number of carboxylic acids is 1. The fourth-order valence-electron chi connectivity index (χ4n) is 1.43. The molecule has 7 nitrogen and oxygen atoms in total. The highest BCUT2D eigenvalue weighted by Gasteiger charge is 2.26. The van der Waals surface area contributed by atoms with E-state index in [0.29, 0.717) is 5.69 Å². The molecule has 0 bridgehead atoms. The molecule has 0 aliphatic carbocycles. The number of carbonyl (C=O) groups is 2. The van der Waals surface area contributed by atoms with E-state index in [1.54, 1.807) is 14.0 Å². The molecule has 1 aromatic heterocycles. The molecule has 1 rings (SSSR count). The molecular formula is C10H15N3O4. The quantitative estimate of drug-likeness (QED) is 0.646. The number of rotatable bonds is 4. The standard InChI is InChI=1S/C10H15N3O4/c1-5-4-7(13(3)12-5)9(15)11-8(6(2)14)10(16)17/h4,6,8,14H,1-3H3,(H,11,15)(H,16,17)/t6-,8+/m1/s1. The number of nitrogens with one attached hydrogen (secondary N) is 1. The summed E-state index contributed by atoms with van der Waals surface area (Å²) < 4.78 is 1.35. The molecule has 0 spiro atoms. The molecule has 1 aromatic rings. The van der Waals surface area contributed by atoms with Crippen LogP contribution in [0.15, 0.2) is 6.07 Å². The molecule has 3 N–H and O–H groups in total. The lowest BCUT2D eigenvalue weighted by Crippen LogP contribution is -2.48. The van der Waals surface area contributed by atoms with Crippen molar-refractivity contribution in [2.45, 2.75) is 26.0 Å². The van der Waals surface area contributed by atoms with Crippen LogP contribution in [0.4, 0.5) is 0 Å². The van der Waals surface area contributed by atoms with Crippen LogP contribution in [0.3, 0.4) is 0 Å². The molecule has 0 radical (unpaired) electrons. The lowest BCUT2D eigenvalue weighted by Gasteiger charge is -2.16. The molecule has 17 heavy (non-hydrogen) atoms. The number of carboxylic acid groups (broad SMARTS) is 1. The zero-order valence-corrected chi connectivity index (χ0v) is 9.84. The maximum atomic E-state index is 11.8. The molecule has 0 aliphatic rings. The van der Waals surface area contributed by atoms with E-state index < -0.39 is 24.0 Å². The van der Waals surface area contributed by atoms with Gasteiger partial charge in [-0.15, -0.1) is 0 Å². The minimum atomic E-state index is -1.34. The van der Waals surface area contributed by atoms with Crippen molar-refractivity contribution in [3.63, 3.8) is 0 Å². The number of hydrogen-bond donors (Lipinski definition) is 3. The van der Waals surface area contributed by atoms with Crippen molar-refractivity contribution >= 4 is 11.9 Å². The van der Waals surface area contributed by atoms with Crippen LogP contribution in [0.1, 0.15) is 23.1 Å². The Bertz CT molecular complexity index is 439. The van der Waals surface area contributed by atoms with Crippen LogP contribution in [0.25, 0.3) is 0 Å². The molecule has 94 valence electrons. The fourth-order valence-corrected chi connectivity index (χ4v) is 1.43. The zero-order valence-electron chi connectivity index (χ0n) is 9.84. The largest absolute Gasteiger partial charge is 0.480 e. The van der Waals surface area contributed by atoms with Crippen LogP contribution >= 0.6 is 0 Å². The van der Waals surface area contributed by atoms with Gasteiger partial charge in [0.15, 0.2) is 6.04 Å². The maximum Gasteiger partial charge on any atom is 0.328 e. The monoisotopic (exact) mass is 241 g/mol. The van der Waals surface area contributed by atoms with E-state index in [1.807, 2.05) is 0 Å². The van der Waals surface area contributed by atoms with Gasteiger partial charge in [0.25, 0.3) is 5.91 Å². The Morgan fingerprint density at radius 1 is 1.53 bits per heavy atom. The molecule has 0 saturated heterocycles. The number of aliphatic hydroxyl groups excluding tert-OH is 1. The second kappa shape index (κ2) is 4.96. The van der Waals surface area contributed by atoms with Gasteiger partial charge in [0, 0.05) is 7.05 Å². The number of amides is 1. The topological polar surface area (TPSA) is 104 Å². The molecule has 0 aromatic carbocycles. The predicted molar refractivity (Wildman–Crippen MR) is 58.5 cm³/mol. The summed E-state index contributed by atoms with van der Waals surface area (Å²) in [7, 11) is 1.58. The second-order valence-electron chi connectivity index (χ2n) is 3.82. The van der Waals surface area contributed by atoms with E-state index in [1.165, 1.54) is 17.7 Å². The number of aromatic nitrogens is 2. The first-order valence-electron chi connectivity index (χ1n) is 5.05. The third-order valence-electron chi connectivity index (χ3n) is 2.27. The summed E-state index contributed by atoms with van der Waals surface area (Å²) in [6, 6.07) is 0.203. The Morgan fingerprint density at radius 3 is 2.47 bits per heavy atom. The van der Waals surface area contributed by atoms with E-state index in [9.17, 15) is 14.7 Å². The first-order chi connectivity index (χ1) is 7.82. The van der Waals surface area contributed by atoms with Gasteiger partial charge in [-0.2, -0.15) is 5.10 Å². The SMILES string of the molecule is Cc1cc(C(=O)N[C@H](C(=O)O)[C@@H](C)O)n(C)n1. The molecule has 1 heterocycles. The highest BCUT2D eigenvalue weighted by atomic mass is 16.4. The summed E-state index contributed by atoms with van der Waals surface area (Å²) in [5.41, 5.74) is 0.899. The summed E-state index contributed by atoms with van der Waals surface area (Å²) in [6.07, 6.45) is -1.18. The predicted octanol–water partition coefficient (Wildman–Crippen LogP) is -0.708. The van der Waals surface area contributed by atoms with Crippen LogP contribution < -0.4 is 5.32 Å². The van der Waals surface area contributed by atoms with Gasteiger partial charge in [0.05, 0.1) is 11.8 Å². The first-order valence-corrected chi connectivity index (χ1v) is 5.05. The summed E-state index contributed by atoms with van der Waals surface area (Å²) >= 11 is 0. The van der Waals surface area contributed by atoms with E-state index in [0.717, 1.165) is 0 Å². The van der Waals surface area contributed by atoms with Crippen LogP contribution in [-0.4, -0.2) is 44.0 Å². The van der Waals surface area contributed by atoms with E-state index >= 15 is 0 Å². The Morgan fingerprint density at radius 2 is 2.12 bits per heavy atom. The van der Waals surface area contributed by atoms with Crippen molar-refractivity contribution in [3.05, 3.63) is 17.5 Å². The average Bonchev–Trinajstić information content (AvgIpc) is 2.53. The molecule has 1 amide bonds. The van der Waals surface area contributed by atoms with Crippen molar-refractivity contribution in [1.82, 2.24) is 15.1 Å². The van der Waals surface area contributed by atoms with E-state index in [2.05, 4.69) is 10.4 Å². The van der Waals surface area contributed by atoms with Crippen LogP contribution in [-0.2, 0) is 11.8 Å². The fraction of sp³-hybridized carbons (Fsp3) is 0.500. The summed E-state index contributed by atoms with van der Waals surface area (Å²) in [5, 5.41) is 24.3. The van der Waals surface area contributed by atoms with Crippen molar-refractivity contribution < 1.29 is 19.8 Å². The highest BCUT2D eigenvalue weighted by molar-refractivity contribution is 5.95. The molecule has 7 heteroatoms. The van der Waals surface area contributed by atoms with E-state index in [-0.39, 0.29) is 5.69 Å². The molecule has 0 saturated carbocycles. The maximum absolute atomic E-state index is 11.8. The number of aliphatic carboxylic acids is 1. The van der Waals surface area contributed by atoms with Gasteiger partial charge >= 0.3 is 5.97 Å². The first kappa shape index (κ1) is 13.2. The average molecular weight is 241 g/mol. The number of carbonyl (C=O) groups excluding carboxylic acids is 1. The van der Waals surface area contributed by atoms with Crippen molar-refractivity contribution in [2.75, 3.05) is 0 Å². The Hall–Kier alpha value is -1.89. The Labute approximate surface area is 98.1 Å². The van der Waals surface area contributed by atoms with Gasteiger partial charge in [-0.05, 0) is 19.9 Å². The van der Waals surface area contributed by atoms with Crippen LogP contribution in [0.2, 0.25) is 0 Å². The molecule has 2 atom stereocenters. The lowest BCUT2D eigenvalue weighted by atomic mass is 10.2. The molecule has 0 aliphatic heterocycles. The molecule has 0 unspecified atom stereocenters. The van der Waals surface area contributed by atoms with Gasteiger partial charge in [-0.1, -0.05) is 0 Å². The van der Waals surface area contributed by atoms with Gasteiger partial charge in [-0.3, -0.25) is 9.48 Å². The minimum absolute atomic E-state index is 0.245. The highest BCUT2D eigenvalue weighted by Crippen LogP contribution is 2.03.